The van der Waals surface area contributed by atoms with E-state index in [0.717, 1.165) is 5.01 Å². The van der Waals surface area contributed by atoms with Crippen LogP contribution in [0.1, 0.15) is 40.1 Å². The zero-order valence-corrected chi connectivity index (χ0v) is 13.7. The minimum Gasteiger partial charge on any atom is -0.296 e. The molecule has 0 spiro atoms. The number of aromatic nitrogens is 6. The van der Waals surface area contributed by atoms with Gasteiger partial charge < -0.3 is 0 Å². The third-order valence-corrected chi connectivity index (χ3v) is 5.08. The average molecular weight is 335 g/mol. The second-order valence-corrected chi connectivity index (χ2v) is 6.83. The Morgan fingerprint density at radius 3 is 2.77 bits per heavy atom. The van der Waals surface area contributed by atoms with Crippen LogP contribution in [-0.2, 0) is 0 Å². The summed E-state index contributed by atoms with van der Waals surface area (Å²) in [6, 6.07) is 0. The van der Waals surface area contributed by atoms with E-state index < -0.39 is 0 Å². The molecule has 10 heteroatoms. The summed E-state index contributed by atoms with van der Waals surface area (Å²) >= 11 is 2.63. The van der Waals surface area contributed by atoms with Crippen LogP contribution in [0, 0.1) is 6.92 Å². The zero-order chi connectivity index (χ0) is 15.7. The molecule has 3 aromatic heterocycles. The smallest absolute Gasteiger partial charge is 0.269 e. The lowest BCUT2D eigenvalue weighted by Gasteiger charge is -1.98. The van der Waals surface area contributed by atoms with Crippen molar-refractivity contribution in [2.24, 2.45) is 0 Å². The molecule has 3 rings (SSSR count). The van der Waals surface area contributed by atoms with Crippen molar-refractivity contribution in [3.63, 3.8) is 0 Å². The van der Waals surface area contributed by atoms with Gasteiger partial charge >= 0.3 is 0 Å². The van der Waals surface area contributed by atoms with Crippen molar-refractivity contribution in [3.05, 3.63) is 21.9 Å². The first kappa shape index (κ1) is 14.7. The SMILES string of the molecule is Cc1nc(-c2ncn[nH]2)sc1C(=O)Nc1nnc(C(C)C)s1. The van der Waals surface area contributed by atoms with Gasteiger partial charge in [-0.15, -0.1) is 21.5 Å². The number of nitrogens with one attached hydrogen (secondary N) is 2. The molecule has 0 radical (unpaired) electrons. The minimum atomic E-state index is -0.243. The van der Waals surface area contributed by atoms with Gasteiger partial charge in [0, 0.05) is 5.92 Å². The molecule has 0 bridgehead atoms. The number of anilines is 1. The highest BCUT2D eigenvalue weighted by Gasteiger charge is 2.19. The van der Waals surface area contributed by atoms with Gasteiger partial charge in [0.2, 0.25) is 5.13 Å². The maximum atomic E-state index is 12.3. The largest absolute Gasteiger partial charge is 0.296 e. The number of carbonyl (C=O) groups excluding carboxylic acids is 1. The molecule has 0 aliphatic heterocycles. The summed E-state index contributed by atoms with van der Waals surface area (Å²) in [7, 11) is 0. The Kier molecular flexibility index (Phi) is 3.94. The molecule has 0 aliphatic carbocycles. The van der Waals surface area contributed by atoms with E-state index in [2.05, 4.69) is 35.7 Å². The van der Waals surface area contributed by atoms with Crippen molar-refractivity contribution in [2.75, 3.05) is 5.32 Å². The van der Waals surface area contributed by atoms with E-state index in [-0.39, 0.29) is 11.8 Å². The second-order valence-electron chi connectivity index (χ2n) is 4.82. The summed E-state index contributed by atoms with van der Waals surface area (Å²) < 4.78 is 0. The molecular formula is C12H13N7OS2. The van der Waals surface area contributed by atoms with E-state index in [1.807, 2.05) is 13.8 Å². The van der Waals surface area contributed by atoms with E-state index in [4.69, 9.17) is 0 Å². The molecule has 0 aromatic carbocycles. The summed E-state index contributed by atoms with van der Waals surface area (Å²) in [6.07, 6.45) is 1.40. The second kappa shape index (κ2) is 5.89. The third-order valence-electron chi connectivity index (χ3n) is 2.78. The number of amides is 1. The number of H-pyrrole nitrogens is 1. The van der Waals surface area contributed by atoms with E-state index in [1.165, 1.54) is 29.0 Å². The Morgan fingerprint density at radius 2 is 2.14 bits per heavy atom. The molecule has 1 amide bonds. The molecule has 114 valence electrons. The minimum absolute atomic E-state index is 0.243. The van der Waals surface area contributed by atoms with Crippen LogP contribution in [0.2, 0.25) is 0 Å². The van der Waals surface area contributed by atoms with Crippen LogP contribution in [-0.4, -0.2) is 36.3 Å². The summed E-state index contributed by atoms with van der Waals surface area (Å²) in [5, 5.41) is 19.3. The van der Waals surface area contributed by atoms with E-state index in [0.29, 0.717) is 26.5 Å². The Morgan fingerprint density at radius 1 is 1.32 bits per heavy atom. The lowest BCUT2D eigenvalue weighted by Crippen LogP contribution is -2.11. The van der Waals surface area contributed by atoms with Crippen molar-refractivity contribution in [2.45, 2.75) is 26.7 Å². The molecule has 8 nitrogen and oxygen atoms in total. The van der Waals surface area contributed by atoms with Gasteiger partial charge in [-0.2, -0.15) is 5.10 Å². The van der Waals surface area contributed by atoms with Gasteiger partial charge in [0.1, 0.15) is 16.2 Å². The Balaban J connectivity index is 1.80. The van der Waals surface area contributed by atoms with Gasteiger partial charge in [0.05, 0.1) is 5.69 Å². The number of rotatable bonds is 4. The highest BCUT2D eigenvalue weighted by atomic mass is 32.1. The summed E-state index contributed by atoms with van der Waals surface area (Å²) in [5.74, 6) is 0.587. The van der Waals surface area contributed by atoms with Gasteiger partial charge in [0.25, 0.3) is 5.91 Å². The van der Waals surface area contributed by atoms with E-state index >= 15 is 0 Å². The predicted octanol–water partition coefficient (Wildman–Crippen LogP) is 2.46. The number of aryl methyl sites for hydroxylation is 1. The number of aromatic amines is 1. The number of hydrogen-bond donors (Lipinski definition) is 2. The van der Waals surface area contributed by atoms with Crippen molar-refractivity contribution in [1.29, 1.82) is 0 Å². The van der Waals surface area contributed by atoms with E-state index in [1.54, 1.807) is 6.92 Å². The first-order valence-corrected chi connectivity index (χ1v) is 8.16. The quantitative estimate of drug-likeness (QED) is 0.758. The highest BCUT2D eigenvalue weighted by molar-refractivity contribution is 7.17. The molecule has 0 saturated carbocycles. The van der Waals surface area contributed by atoms with Crippen LogP contribution in [0.3, 0.4) is 0 Å². The maximum absolute atomic E-state index is 12.3. The predicted molar refractivity (Wildman–Crippen MR) is 84.2 cm³/mol. The van der Waals surface area contributed by atoms with Crippen molar-refractivity contribution < 1.29 is 4.79 Å². The van der Waals surface area contributed by atoms with Gasteiger partial charge in [-0.25, -0.2) is 9.97 Å². The summed E-state index contributed by atoms with van der Waals surface area (Å²) in [5.41, 5.74) is 0.641. The number of carbonyl (C=O) groups is 1. The lowest BCUT2D eigenvalue weighted by molar-refractivity contribution is 0.102. The number of thiazole rings is 1. The standard InChI is InChI=1S/C12H13N7OS2/c1-5(2)10-18-19-12(22-10)16-9(20)7-6(3)15-11(21-7)8-13-4-14-17-8/h4-5H,1-3H3,(H,13,14,17)(H,16,19,20). The first-order valence-electron chi connectivity index (χ1n) is 6.52. The van der Waals surface area contributed by atoms with Crippen LogP contribution in [0.4, 0.5) is 5.13 Å². The van der Waals surface area contributed by atoms with Crippen LogP contribution >= 0.6 is 22.7 Å². The molecular weight excluding hydrogens is 322 g/mol. The van der Waals surface area contributed by atoms with Gasteiger partial charge in [0.15, 0.2) is 10.8 Å². The highest BCUT2D eigenvalue weighted by Crippen LogP contribution is 2.27. The number of nitrogens with zero attached hydrogens (tertiary/aromatic N) is 5. The number of hydrogen-bond acceptors (Lipinski definition) is 8. The maximum Gasteiger partial charge on any atom is 0.269 e. The van der Waals surface area contributed by atoms with Crippen LogP contribution in [0.15, 0.2) is 6.33 Å². The van der Waals surface area contributed by atoms with Crippen LogP contribution < -0.4 is 5.32 Å². The fourth-order valence-electron chi connectivity index (χ4n) is 1.69. The average Bonchev–Trinajstić information content (AvgIpc) is 3.16. The van der Waals surface area contributed by atoms with Crippen molar-refractivity contribution in [1.82, 2.24) is 30.4 Å². The molecule has 3 heterocycles. The molecule has 3 aromatic rings. The molecule has 2 N–H and O–H groups in total. The molecule has 0 unspecified atom stereocenters. The molecule has 0 aliphatic rings. The summed E-state index contributed by atoms with van der Waals surface area (Å²) in [4.78, 5) is 21.2. The Labute approximate surface area is 134 Å². The lowest BCUT2D eigenvalue weighted by atomic mass is 10.2. The van der Waals surface area contributed by atoms with Gasteiger partial charge in [-0.1, -0.05) is 25.2 Å². The molecule has 0 fully saturated rings. The monoisotopic (exact) mass is 335 g/mol. The van der Waals surface area contributed by atoms with Crippen molar-refractivity contribution in [3.8, 4) is 10.8 Å². The van der Waals surface area contributed by atoms with E-state index in [9.17, 15) is 4.79 Å². The Bertz CT molecular complexity index is 790. The fourth-order valence-corrected chi connectivity index (χ4v) is 3.34. The third kappa shape index (κ3) is 2.88. The van der Waals surface area contributed by atoms with Crippen LogP contribution in [0.5, 0.6) is 0 Å². The summed E-state index contributed by atoms with van der Waals surface area (Å²) in [6.45, 7) is 5.84. The van der Waals surface area contributed by atoms with Gasteiger partial charge in [-0.05, 0) is 6.92 Å². The molecule has 0 atom stereocenters. The molecule has 22 heavy (non-hydrogen) atoms. The Hall–Kier alpha value is -2.20. The van der Waals surface area contributed by atoms with Crippen molar-refractivity contribution >= 4 is 33.7 Å². The van der Waals surface area contributed by atoms with Gasteiger partial charge in [-0.3, -0.25) is 15.2 Å². The molecule has 0 saturated heterocycles. The fraction of sp³-hybridized carbons (Fsp3) is 0.333. The normalized spacial score (nSPS) is 11.1. The topological polar surface area (TPSA) is 109 Å². The zero-order valence-electron chi connectivity index (χ0n) is 12.1. The first-order chi connectivity index (χ1) is 10.5. The van der Waals surface area contributed by atoms with Crippen LogP contribution in [0.25, 0.3) is 10.8 Å².